The molecule has 6 heteroatoms. The highest BCUT2D eigenvalue weighted by atomic mass is 16.5. The van der Waals surface area contributed by atoms with E-state index in [1.165, 1.54) is 0 Å². The van der Waals surface area contributed by atoms with Crippen molar-refractivity contribution in [3.8, 4) is 11.4 Å². The van der Waals surface area contributed by atoms with Crippen LogP contribution in [-0.2, 0) is 5.41 Å². The number of amides is 2. The van der Waals surface area contributed by atoms with Gasteiger partial charge < -0.3 is 10.1 Å². The quantitative estimate of drug-likeness (QED) is 0.402. The number of nitrogens with zero attached hydrogens (tertiary/aromatic N) is 2. The second kappa shape index (κ2) is 8.38. The summed E-state index contributed by atoms with van der Waals surface area (Å²) >= 11 is 0. The minimum atomic E-state index is -0.339. The topological polar surface area (TPSA) is 68.2 Å². The lowest BCUT2D eigenvalue weighted by atomic mass is 9.92. The van der Waals surface area contributed by atoms with Crippen molar-refractivity contribution in [1.82, 2.24) is 9.78 Å². The van der Waals surface area contributed by atoms with E-state index in [1.807, 2.05) is 73.7 Å². The molecule has 0 fully saturated rings. The number of fused-ring (bicyclic) bond motifs is 1. The molecule has 0 bridgehead atoms. The fourth-order valence-corrected chi connectivity index (χ4v) is 3.55. The van der Waals surface area contributed by atoms with Crippen molar-refractivity contribution < 1.29 is 9.53 Å². The molecule has 0 saturated heterocycles. The SMILES string of the molecule is COc1ccc(NC(=O)Nc2cc(C(C)(C)C)nn2-c2ccc(C)cc2)c2ccccc12. The monoisotopic (exact) mass is 428 g/mol. The van der Waals surface area contributed by atoms with Crippen LogP contribution in [0.15, 0.2) is 66.7 Å². The Balaban J connectivity index is 1.66. The first-order valence-electron chi connectivity index (χ1n) is 10.6. The largest absolute Gasteiger partial charge is 0.496 e. The number of hydrogen-bond acceptors (Lipinski definition) is 3. The number of carbonyl (C=O) groups is 1. The number of aromatic nitrogens is 2. The van der Waals surface area contributed by atoms with Crippen molar-refractivity contribution in [2.24, 2.45) is 0 Å². The third-order valence-corrected chi connectivity index (χ3v) is 5.35. The molecule has 164 valence electrons. The van der Waals surface area contributed by atoms with Crippen LogP contribution in [0.4, 0.5) is 16.3 Å². The molecule has 0 aliphatic rings. The van der Waals surface area contributed by atoms with Crippen LogP contribution in [0, 0.1) is 6.92 Å². The van der Waals surface area contributed by atoms with Gasteiger partial charge >= 0.3 is 6.03 Å². The normalized spacial score (nSPS) is 11.4. The van der Waals surface area contributed by atoms with E-state index in [-0.39, 0.29) is 11.4 Å². The lowest BCUT2D eigenvalue weighted by Gasteiger charge is -2.14. The Morgan fingerprint density at radius 2 is 1.62 bits per heavy atom. The van der Waals surface area contributed by atoms with E-state index < -0.39 is 0 Å². The molecule has 2 N–H and O–H groups in total. The molecule has 2 amide bonds. The molecule has 1 aromatic heterocycles. The minimum absolute atomic E-state index is 0.158. The van der Waals surface area contributed by atoms with Crippen LogP contribution in [0.25, 0.3) is 16.5 Å². The number of anilines is 2. The molecular weight excluding hydrogens is 400 g/mol. The molecule has 0 unspecified atom stereocenters. The van der Waals surface area contributed by atoms with Gasteiger partial charge in [-0.15, -0.1) is 0 Å². The molecular formula is C26H28N4O2. The first kappa shape index (κ1) is 21.4. The highest BCUT2D eigenvalue weighted by Crippen LogP contribution is 2.32. The van der Waals surface area contributed by atoms with Gasteiger partial charge in [0.25, 0.3) is 0 Å². The second-order valence-electron chi connectivity index (χ2n) is 8.85. The highest BCUT2D eigenvalue weighted by Gasteiger charge is 2.21. The zero-order valence-electron chi connectivity index (χ0n) is 19.1. The van der Waals surface area contributed by atoms with Crippen LogP contribution in [0.3, 0.4) is 0 Å². The summed E-state index contributed by atoms with van der Waals surface area (Å²) in [4.78, 5) is 13.0. The fourth-order valence-electron chi connectivity index (χ4n) is 3.55. The third kappa shape index (κ3) is 4.30. The van der Waals surface area contributed by atoms with Gasteiger partial charge in [-0.25, -0.2) is 9.48 Å². The van der Waals surface area contributed by atoms with Gasteiger partial charge in [0.1, 0.15) is 11.6 Å². The van der Waals surface area contributed by atoms with Crippen LogP contribution in [0.1, 0.15) is 32.0 Å². The minimum Gasteiger partial charge on any atom is -0.496 e. The van der Waals surface area contributed by atoms with E-state index in [0.717, 1.165) is 33.5 Å². The van der Waals surface area contributed by atoms with Gasteiger partial charge in [-0.05, 0) is 31.2 Å². The number of nitrogens with one attached hydrogen (secondary N) is 2. The van der Waals surface area contributed by atoms with Crippen molar-refractivity contribution in [3.05, 3.63) is 78.0 Å². The Morgan fingerprint density at radius 3 is 2.28 bits per heavy atom. The Morgan fingerprint density at radius 1 is 0.938 bits per heavy atom. The maximum atomic E-state index is 13.0. The van der Waals surface area contributed by atoms with E-state index in [2.05, 4.69) is 31.4 Å². The van der Waals surface area contributed by atoms with Gasteiger partial charge in [0, 0.05) is 22.3 Å². The molecule has 0 atom stereocenters. The van der Waals surface area contributed by atoms with Crippen molar-refractivity contribution in [2.45, 2.75) is 33.1 Å². The predicted molar refractivity (Wildman–Crippen MR) is 130 cm³/mol. The number of benzene rings is 3. The molecule has 0 spiro atoms. The maximum Gasteiger partial charge on any atom is 0.324 e. The van der Waals surface area contributed by atoms with Gasteiger partial charge in [0.2, 0.25) is 0 Å². The van der Waals surface area contributed by atoms with Gasteiger partial charge in [-0.3, -0.25) is 5.32 Å². The summed E-state index contributed by atoms with van der Waals surface area (Å²) in [5, 5.41) is 12.6. The number of hydrogen-bond donors (Lipinski definition) is 2. The molecule has 4 rings (SSSR count). The first-order valence-corrected chi connectivity index (χ1v) is 10.6. The predicted octanol–water partition coefficient (Wildman–Crippen LogP) is 6.28. The summed E-state index contributed by atoms with van der Waals surface area (Å²) in [6, 6.07) is 21.1. The van der Waals surface area contributed by atoms with Gasteiger partial charge in [-0.2, -0.15) is 5.10 Å². The first-order chi connectivity index (χ1) is 15.3. The Bertz CT molecular complexity index is 1270. The number of rotatable bonds is 4. The van der Waals surface area contributed by atoms with Crippen LogP contribution < -0.4 is 15.4 Å². The van der Waals surface area contributed by atoms with E-state index in [0.29, 0.717) is 11.5 Å². The molecule has 32 heavy (non-hydrogen) atoms. The Kier molecular flexibility index (Phi) is 5.61. The lowest BCUT2D eigenvalue weighted by molar-refractivity contribution is 0.262. The van der Waals surface area contributed by atoms with Crippen molar-refractivity contribution in [2.75, 3.05) is 17.7 Å². The molecule has 4 aromatic rings. The molecule has 3 aromatic carbocycles. The van der Waals surface area contributed by atoms with E-state index in [9.17, 15) is 4.79 Å². The summed E-state index contributed by atoms with van der Waals surface area (Å²) in [6.07, 6.45) is 0. The van der Waals surface area contributed by atoms with Crippen LogP contribution >= 0.6 is 0 Å². The second-order valence-corrected chi connectivity index (χ2v) is 8.85. The van der Waals surface area contributed by atoms with Gasteiger partial charge in [0.15, 0.2) is 0 Å². The van der Waals surface area contributed by atoms with Crippen molar-refractivity contribution in [1.29, 1.82) is 0 Å². The van der Waals surface area contributed by atoms with Gasteiger partial charge in [0.05, 0.1) is 24.2 Å². The highest BCUT2D eigenvalue weighted by molar-refractivity contribution is 6.07. The van der Waals surface area contributed by atoms with Crippen LogP contribution in [-0.4, -0.2) is 22.9 Å². The standard InChI is InChI=1S/C26H28N4O2/c1-17-10-12-18(13-11-17)30-24(16-23(29-30)26(2,3)4)28-25(31)27-21-14-15-22(32-5)20-9-7-6-8-19(20)21/h6-16H,1-5H3,(H2,27,28,31). The summed E-state index contributed by atoms with van der Waals surface area (Å²) in [5.74, 6) is 1.37. The van der Waals surface area contributed by atoms with E-state index in [1.54, 1.807) is 11.8 Å². The zero-order valence-corrected chi connectivity index (χ0v) is 19.1. The van der Waals surface area contributed by atoms with E-state index >= 15 is 0 Å². The number of aryl methyl sites for hydroxylation is 1. The van der Waals surface area contributed by atoms with Crippen molar-refractivity contribution >= 4 is 28.3 Å². The average molecular weight is 429 g/mol. The summed E-state index contributed by atoms with van der Waals surface area (Å²) < 4.78 is 7.22. The molecule has 0 aliphatic carbocycles. The molecule has 1 heterocycles. The summed E-state index contributed by atoms with van der Waals surface area (Å²) in [5.41, 5.74) is 3.49. The fraction of sp³-hybridized carbons (Fsp3) is 0.231. The average Bonchev–Trinajstić information content (AvgIpc) is 3.18. The Labute approximate surface area is 188 Å². The number of urea groups is 1. The molecule has 0 saturated carbocycles. The molecule has 6 nitrogen and oxygen atoms in total. The smallest absolute Gasteiger partial charge is 0.324 e. The molecule has 0 aliphatic heterocycles. The summed E-state index contributed by atoms with van der Waals surface area (Å²) in [7, 11) is 1.64. The number of ether oxygens (including phenoxy) is 1. The zero-order chi connectivity index (χ0) is 22.9. The maximum absolute atomic E-state index is 13.0. The lowest BCUT2D eigenvalue weighted by Crippen LogP contribution is -2.21. The third-order valence-electron chi connectivity index (χ3n) is 5.35. The van der Waals surface area contributed by atoms with Gasteiger partial charge in [-0.1, -0.05) is 62.7 Å². The number of methoxy groups -OCH3 is 1. The van der Waals surface area contributed by atoms with Crippen molar-refractivity contribution in [3.63, 3.8) is 0 Å². The Hall–Kier alpha value is -3.80. The van der Waals surface area contributed by atoms with Crippen LogP contribution in [0.2, 0.25) is 0 Å². The van der Waals surface area contributed by atoms with Crippen LogP contribution in [0.5, 0.6) is 5.75 Å². The summed E-state index contributed by atoms with van der Waals surface area (Å²) in [6.45, 7) is 8.34. The van der Waals surface area contributed by atoms with E-state index in [4.69, 9.17) is 9.84 Å². The molecule has 0 radical (unpaired) electrons. The number of carbonyl (C=O) groups excluding carboxylic acids is 1.